The molecular formula is C30H21FN4O4S2. The number of thiazole rings is 1. The van der Waals surface area contributed by atoms with Gasteiger partial charge >= 0.3 is 0 Å². The summed E-state index contributed by atoms with van der Waals surface area (Å²) < 4.78 is 13.3. The fraction of sp³-hybridized carbons (Fsp3) is 0.0333. The smallest absolute Gasteiger partial charge is 0.270 e. The van der Waals surface area contributed by atoms with Crippen LogP contribution in [-0.4, -0.2) is 21.7 Å². The number of amides is 2. The first kappa shape index (κ1) is 27.7. The van der Waals surface area contributed by atoms with Crippen LogP contribution >= 0.6 is 23.1 Å². The van der Waals surface area contributed by atoms with Gasteiger partial charge in [0, 0.05) is 39.2 Å². The van der Waals surface area contributed by atoms with Crippen molar-refractivity contribution in [3.05, 3.63) is 136 Å². The zero-order chi connectivity index (χ0) is 28.8. The average molecular weight is 585 g/mol. The minimum absolute atomic E-state index is 0.155. The van der Waals surface area contributed by atoms with E-state index in [1.807, 2.05) is 36.4 Å². The normalized spacial score (nSPS) is 11.4. The maximum Gasteiger partial charge on any atom is 0.270 e. The second kappa shape index (κ2) is 12.5. The van der Waals surface area contributed by atoms with Gasteiger partial charge in [0.2, 0.25) is 5.91 Å². The standard InChI is InChI=1S/C30H21FN4O4S2/c31-22-14-12-19(13-15-22)26-18-40-30(33-26)34-29(37)27(20-6-2-1-3-7-20)41-25-11-5-9-23(17-25)32-28(36)21-8-4-10-24(16-21)35(38)39/h1-18,27H,(H,32,36)(H,33,34,37). The minimum atomic E-state index is -0.642. The van der Waals surface area contributed by atoms with Gasteiger partial charge in [-0.05, 0) is 54.1 Å². The predicted molar refractivity (Wildman–Crippen MR) is 159 cm³/mol. The zero-order valence-corrected chi connectivity index (χ0v) is 22.8. The Balaban J connectivity index is 1.33. The summed E-state index contributed by atoms with van der Waals surface area (Å²) in [5.41, 5.74) is 2.59. The fourth-order valence-electron chi connectivity index (χ4n) is 3.90. The lowest BCUT2D eigenvalue weighted by Crippen LogP contribution is -2.19. The van der Waals surface area contributed by atoms with Crippen molar-refractivity contribution in [3.8, 4) is 11.3 Å². The van der Waals surface area contributed by atoms with Crippen molar-refractivity contribution in [2.45, 2.75) is 10.1 Å². The van der Waals surface area contributed by atoms with Gasteiger partial charge in [-0.3, -0.25) is 19.7 Å². The van der Waals surface area contributed by atoms with Crippen molar-refractivity contribution >= 4 is 51.4 Å². The lowest BCUT2D eigenvalue weighted by atomic mass is 10.1. The number of rotatable bonds is 9. The molecule has 1 unspecified atom stereocenters. The molecule has 0 aliphatic heterocycles. The van der Waals surface area contributed by atoms with E-state index >= 15 is 0 Å². The maximum absolute atomic E-state index is 13.5. The fourth-order valence-corrected chi connectivity index (χ4v) is 5.71. The van der Waals surface area contributed by atoms with E-state index < -0.39 is 16.1 Å². The van der Waals surface area contributed by atoms with E-state index in [1.165, 1.54) is 59.5 Å². The second-order valence-electron chi connectivity index (χ2n) is 8.73. The van der Waals surface area contributed by atoms with Gasteiger partial charge in [0.1, 0.15) is 11.1 Å². The Bertz CT molecular complexity index is 1710. The Kier molecular flexibility index (Phi) is 8.47. The zero-order valence-electron chi connectivity index (χ0n) is 21.2. The van der Waals surface area contributed by atoms with Crippen molar-refractivity contribution in [3.63, 3.8) is 0 Å². The van der Waals surface area contributed by atoms with E-state index in [0.29, 0.717) is 16.5 Å². The third kappa shape index (κ3) is 7.02. The molecule has 1 heterocycles. The van der Waals surface area contributed by atoms with Crippen molar-refractivity contribution in [1.29, 1.82) is 0 Å². The molecule has 0 spiro atoms. The summed E-state index contributed by atoms with van der Waals surface area (Å²) in [6.07, 6.45) is 0. The van der Waals surface area contributed by atoms with E-state index in [1.54, 1.807) is 35.7 Å². The highest BCUT2D eigenvalue weighted by Gasteiger charge is 2.23. The van der Waals surface area contributed by atoms with E-state index in [2.05, 4.69) is 15.6 Å². The summed E-state index contributed by atoms with van der Waals surface area (Å²) >= 11 is 2.57. The summed E-state index contributed by atoms with van der Waals surface area (Å²) in [5, 5.41) is 18.3. The summed E-state index contributed by atoms with van der Waals surface area (Å²) in [6.45, 7) is 0. The highest BCUT2D eigenvalue weighted by molar-refractivity contribution is 8.00. The lowest BCUT2D eigenvalue weighted by molar-refractivity contribution is -0.384. The average Bonchev–Trinajstić information content (AvgIpc) is 3.45. The molecule has 11 heteroatoms. The first-order valence-electron chi connectivity index (χ1n) is 12.3. The minimum Gasteiger partial charge on any atom is -0.322 e. The van der Waals surface area contributed by atoms with Crippen molar-refractivity contribution < 1.29 is 18.9 Å². The van der Waals surface area contributed by atoms with E-state index in [9.17, 15) is 24.1 Å². The summed E-state index contributed by atoms with van der Waals surface area (Å²) in [6, 6.07) is 27.7. The molecule has 2 N–H and O–H groups in total. The first-order chi connectivity index (χ1) is 19.9. The molecule has 0 aliphatic rings. The molecule has 204 valence electrons. The third-order valence-corrected chi connectivity index (χ3v) is 7.89. The van der Waals surface area contributed by atoms with Gasteiger partial charge in [-0.2, -0.15) is 0 Å². The Morgan fingerprint density at radius 1 is 0.902 bits per heavy atom. The molecule has 2 amide bonds. The third-order valence-electron chi connectivity index (χ3n) is 5.88. The SMILES string of the molecule is O=C(Nc1cccc(SC(C(=O)Nc2nc(-c3ccc(F)cc3)cs2)c2ccccc2)c1)c1cccc([N+](=O)[O-])c1. The number of benzene rings is 4. The summed E-state index contributed by atoms with van der Waals surface area (Å²) in [7, 11) is 0. The van der Waals surface area contributed by atoms with Gasteiger partial charge < -0.3 is 10.6 Å². The largest absolute Gasteiger partial charge is 0.322 e. The van der Waals surface area contributed by atoms with Crippen LogP contribution in [0, 0.1) is 15.9 Å². The predicted octanol–water partition coefficient (Wildman–Crippen LogP) is 7.58. The second-order valence-corrected chi connectivity index (χ2v) is 10.8. The number of aromatic nitrogens is 1. The molecule has 5 rings (SSSR count). The monoisotopic (exact) mass is 584 g/mol. The molecule has 0 radical (unpaired) electrons. The van der Waals surface area contributed by atoms with Crippen LogP contribution in [0.2, 0.25) is 0 Å². The number of nitro groups is 1. The van der Waals surface area contributed by atoms with Crippen LogP contribution in [0.3, 0.4) is 0 Å². The number of hydrogen-bond donors (Lipinski definition) is 2. The van der Waals surface area contributed by atoms with Crippen molar-refractivity contribution in [2.24, 2.45) is 0 Å². The molecule has 5 aromatic rings. The molecule has 0 bridgehead atoms. The van der Waals surface area contributed by atoms with Crippen molar-refractivity contribution in [1.82, 2.24) is 4.98 Å². The maximum atomic E-state index is 13.5. The van der Waals surface area contributed by atoms with Gasteiger partial charge in [0.25, 0.3) is 11.6 Å². The quantitative estimate of drug-likeness (QED) is 0.105. The highest BCUT2D eigenvalue weighted by Crippen LogP contribution is 2.38. The Labute approximate surface area is 242 Å². The number of nitro benzene ring substituents is 1. The number of carbonyl (C=O) groups is 2. The molecule has 4 aromatic carbocycles. The topological polar surface area (TPSA) is 114 Å². The molecule has 8 nitrogen and oxygen atoms in total. The van der Waals surface area contributed by atoms with Crippen molar-refractivity contribution in [2.75, 3.05) is 10.6 Å². The van der Waals surface area contributed by atoms with Crippen LogP contribution in [0.1, 0.15) is 21.2 Å². The molecule has 1 atom stereocenters. The van der Waals surface area contributed by atoms with Gasteiger partial charge in [-0.1, -0.05) is 42.5 Å². The van der Waals surface area contributed by atoms with Crippen LogP contribution in [0.4, 0.5) is 20.9 Å². The van der Waals surface area contributed by atoms with Gasteiger partial charge in [-0.15, -0.1) is 23.1 Å². The molecule has 0 saturated heterocycles. The molecule has 0 fully saturated rings. The van der Waals surface area contributed by atoms with Crippen LogP contribution in [0.25, 0.3) is 11.3 Å². The number of carbonyl (C=O) groups excluding carboxylic acids is 2. The molecule has 0 aliphatic carbocycles. The summed E-state index contributed by atoms with van der Waals surface area (Å²) in [5.74, 6) is -1.12. The van der Waals surface area contributed by atoms with E-state index in [-0.39, 0.29) is 23.0 Å². The van der Waals surface area contributed by atoms with Crippen LogP contribution < -0.4 is 10.6 Å². The number of nitrogens with zero attached hydrogens (tertiary/aromatic N) is 2. The molecule has 41 heavy (non-hydrogen) atoms. The van der Waals surface area contributed by atoms with E-state index in [0.717, 1.165) is 16.0 Å². The number of halogens is 1. The number of nitrogens with one attached hydrogen (secondary N) is 2. The molecular weight excluding hydrogens is 563 g/mol. The van der Waals surface area contributed by atoms with Gasteiger partial charge in [0.05, 0.1) is 10.6 Å². The lowest BCUT2D eigenvalue weighted by Gasteiger charge is -2.17. The number of non-ortho nitro benzene ring substituents is 1. The van der Waals surface area contributed by atoms with Gasteiger partial charge in [-0.25, -0.2) is 9.37 Å². The Morgan fingerprint density at radius 3 is 2.41 bits per heavy atom. The van der Waals surface area contributed by atoms with Gasteiger partial charge in [0.15, 0.2) is 5.13 Å². The number of hydrogen-bond acceptors (Lipinski definition) is 7. The van der Waals surface area contributed by atoms with Crippen LogP contribution in [-0.2, 0) is 4.79 Å². The summed E-state index contributed by atoms with van der Waals surface area (Å²) in [4.78, 5) is 42.0. The molecule has 1 aromatic heterocycles. The van der Waals surface area contributed by atoms with Crippen LogP contribution in [0.15, 0.2) is 113 Å². The van der Waals surface area contributed by atoms with Crippen LogP contribution in [0.5, 0.6) is 0 Å². The highest BCUT2D eigenvalue weighted by atomic mass is 32.2. The number of anilines is 2. The molecule has 0 saturated carbocycles. The van der Waals surface area contributed by atoms with E-state index in [4.69, 9.17) is 0 Å². The Hall–Kier alpha value is -4.87. The Morgan fingerprint density at radius 2 is 1.66 bits per heavy atom. The number of thioether (sulfide) groups is 1. The first-order valence-corrected chi connectivity index (χ1v) is 14.0.